The van der Waals surface area contributed by atoms with Crippen LogP contribution in [0.3, 0.4) is 0 Å². The second-order valence-electron chi connectivity index (χ2n) is 3.81. The van der Waals surface area contributed by atoms with Crippen LogP contribution in [0.4, 0.5) is 0 Å². The molecule has 5 heteroatoms. The minimum Gasteiger partial charge on any atom is -0.409 e. The molecule has 0 saturated heterocycles. The Labute approximate surface area is 101 Å². The second kappa shape index (κ2) is 6.88. The van der Waals surface area contributed by atoms with Crippen molar-refractivity contribution in [3.05, 3.63) is 35.4 Å². The highest BCUT2D eigenvalue weighted by molar-refractivity contribution is 5.98. The molecule has 1 atom stereocenters. The average Bonchev–Trinajstić information content (AvgIpc) is 2.39. The Bertz CT molecular complexity index is 376. The number of benzene rings is 1. The highest BCUT2D eigenvalue weighted by Gasteiger charge is 2.08. The molecule has 0 fully saturated rings. The molecule has 0 aliphatic rings. The summed E-state index contributed by atoms with van der Waals surface area (Å²) in [6.07, 6.45) is 0.849. The van der Waals surface area contributed by atoms with E-state index in [0.717, 1.165) is 12.0 Å². The number of aliphatic hydroxyl groups excluding tert-OH is 1. The maximum absolute atomic E-state index is 9.08. The van der Waals surface area contributed by atoms with Crippen LogP contribution >= 0.6 is 0 Å². The van der Waals surface area contributed by atoms with Crippen LogP contribution < -0.4 is 11.1 Å². The van der Waals surface area contributed by atoms with Gasteiger partial charge in [0.05, 0.1) is 6.61 Å². The molecular formula is C12H19N3O2. The zero-order valence-corrected chi connectivity index (χ0v) is 9.93. The van der Waals surface area contributed by atoms with Gasteiger partial charge in [0.15, 0.2) is 5.84 Å². The van der Waals surface area contributed by atoms with Gasteiger partial charge in [-0.25, -0.2) is 0 Å². The lowest BCUT2D eigenvalue weighted by molar-refractivity contribution is 0.238. The van der Waals surface area contributed by atoms with E-state index >= 15 is 0 Å². The Morgan fingerprint density at radius 2 is 2.18 bits per heavy atom. The zero-order chi connectivity index (χ0) is 12.7. The summed E-state index contributed by atoms with van der Waals surface area (Å²) in [4.78, 5) is 0. The summed E-state index contributed by atoms with van der Waals surface area (Å²) in [5, 5.41) is 24.0. The first kappa shape index (κ1) is 13.5. The van der Waals surface area contributed by atoms with Gasteiger partial charge < -0.3 is 21.4 Å². The van der Waals surface area contributed by atoms with Crippen LogP contribution in [-0.4, -0.2) is 28.8 Å². The van der Waals surface area contributed by atoms with Crippen LogP contribution in [0.1, 0.15) is 24.5 Å². The van der Waals surface area contributed by atoms with E-state index in [0.29, 0.717) is 12.1 Å². The minimum atomic E-state index is 0.0651. The Morgan fingerprint density at radius 1 is 1.47 bits per heavy atom. The lowest BCUT2D eigenvalue weighted by Crippen LogP contribution is -2.32. The lowest BCUT2D eigenvalue weighted by atomic mass is 10.1. The molecule has 17 heavy (non-hydrogen) atoms. The molecule has 5 N–H and O–H groups in total. The molecule has 1 rings (SSSR count). The van der Waals surface area contributed by atoms with Crippen molar-refractivity contribution in [2.45, 2.75) is 25.9 Å². The number of oxime groups is 1. The third-order valence-electron chi connectivity index (χ3n) is 2.70. The summed E-state index contributed by atoms with van der Waals surface area (Å²) in [5.74, 6) is 0.0967. The van der Waals surface area contributed by atoms with Gasteiger partial charge in [0, 0.05) is 18.2 Å². The maximum Gasteiger partial charge on any atom is 0.170 e. The van der Waals surface area contributed by atoms with Crippen molar-refractivity contribution >= 4 is 5.84 Å². The summed E-state index contributed by atoms with van der Waals surface area (Å²) in [6, 6.07) is 7.50. The number of nitrogens with one attached hydrogen (secondary N) is 1. The van der Waals surface area contributed by atoms with E-state index in [1.807, 2.05) is 25.1 Å². The predicted octanol–water partition coefficient (Wildman–Crippen LogP) is 0.642. The van der Waals surface area contributed by atoms with E-state index in [1.54, 1.807) is 6.07 Å². The van der Waals surface area contributed by atoms with Crippen molar-refractivity contribution in [1.82, 2.24) is 5.32 Å². The fourth-order valence-electron chi connectivity index (χ4n) is 1.57. The van der Waals surface area contributed by atoms with Gasteiger partial charge in [0.25, 0.3) is 0 Å². The normalized spacial score (nSPS) is 13.6. The standard InChI is InChI=1S/C12H19N3O2/c1-2-10(8-16)14-7-9-5-3-4-6-11(9)12(13)15-17/h3-6,10,14,16-17H,2,7-8H2,1H3,(H2,13,15). The maximum atomic E-state index is 9.08. The van der Waals surface area contributed by atoms with Crippen LogP contribution in [-0.2, 0) is 6.54 Å². The fourth-order valence-corrected chi connectivity index (χ4v) is 1.57. The van der Waals surface area contributed by atoms with Gasteiger partial charge in [-0.15, -0.1) is 0 Å². The summed E-state index contributed by atoms with van der Waals surface area (Å²) in [6.45, 7) is 2.68. The molecule has 0 aromatic heterocycles. The molecule has 1 unspecified atom stereocenters. The van der Waals surface area contributed by atoms with Gasteiger partial charge in [0.1, 0.15) is 0 Å². The number of hydrogen-bond acceptors (Lipinski definition) is 4. The summed E-state index contributed by atoms with van der Waals surface area (Å²) in [7, 11) is 0. The van der Waals surface area contributed by atoms with Crippen LogP contribution in [0.25, 0.3) is 0 Å². The Morgan fingerprint density at radius 3 is 2.76 bits per heavy atom. The van der Waals surface area contributed by atoms with Gasteiger partial charge in [-0.2, -0.15) is 0 Å². The first-order chi connectivity index (χ1) is 8.22. The highest BCUT2D eigenvalue weighted by Crippen LogP contribution is 2.08. The molecule has 1 aromatic carbocycles. The van der Waals surface area contributed by atoms with Gasteiger partial charge in [-0.1, -0.05) is 36.3 Å². The van der Waals surface area contributed by atoms with Crippen molar-refractivity contribution < 1.29 is 10.3 Å². The molecule has 94 valence electrons. The summed E-state index contributed by atoms with van der Waals surface area (Å²) in [5.41, 5.74) is 7.23. The molecule has 0 radical (unpaired) electrons. The molecule has 0 saturated carbocycles. The van der Waals surface area contributed by atoms with Crippen LogP contribution in [0.5, 0.6) is 0 Å². The van der Waals surface area contributed by atoms with Gasteiger partial charge >= 0.3 is 0 Å². The van der Waals surface area contributed by atoms with Crippen LogP contribution in [0, 0.1) is 0 Å². The quantitative estimate of drug-likeness (QED) is 0.253. The van der Waals surface area contributed by atoms with Crippen molar-refractivity contribution in [3.8, 4) is 0 Å². The third kappa shape index (κ3) is 3.72. The number of nitrogens with two attached hydrogens (primary N) is 1. The number of nitrogens with zero attached hydrogens (tertiary/aromatic N) is 1. The molecule has 0 bridgehead atoms. The van der Waals surface area contributed by atoms with Crippen molar-refractivity contribution in [1.29, 1.82) is 0 Å². The summed E-state index contributed by atoms with van der Waals surface area (Å²) >= 11 is 0. The highest BCUT2D eigenvalue weighted by atomic mass is 16.4. The monoisotopic (exact) mass is 237 g/mol. The smallest absolute Gasteiger partial charge is 0.170 e. The SMILES string of the molecule is CCC(CO)NCc1ccccc1C(N)=NO. The third-order valence-corrected chi connectivity index (χ3v) is 2.70. The number of amidine groups is 1. The molecular weight excluding hydrogens is 218 g/mol. The molecule has 0 aliphatic carbocycles. The van der Waals surface area contributed by atoms with Crippen molar-refractivity contribution in [2.24, 2.45) is 10.9 Å². The van der Waals surface area contributed by atoms with E-state index in [4.69, 9.17) is 16.0 Å². The van der Waals surface area contributed by atoms with Crippen LogP contribution in [0.2, 0.25) is 0 Å². The molecule has 0 amide bonds. The molecule has 0 aliphatic heterocycles. The average molecular weight is 237 g/mol. The van der Waals surface area contributed by atoms with E-state index < -0.39 is 0 Å². The molecule has 0 spiro atoms. The number of hydrogen-bond donors (Lipinski definition) is 4. The first-order valence-electron chi connectivity index (χ1n) is 5.63. The van der Waals surface area contributed by atoms with Gasteiger partial charge in [0.2, 0.25) is 0 Å². The fraction of sp³-hybridized carbons (Fsp3) is 0.417. The number of aliphatic hydroxyl groups is 1. The van der Waals surface area contributed by atoms with E-state index in [1.165, 1.54) is 0 Å². The van der Waals surface area contributed by atoms with E-state index in [9.17, 15) is 0 Å². The first-order valence-corrected chi connectivity index (χ1v) is 5.63. The second-order valence-corrected chi connectivity index (χ2v) is 3.81. The lowest BCUT2D eigenvalue weighted by Gasteiger charge is -2.15. The zero-order valence-electron chi connectivity index (χ0n) is 9.93. The Balaban J connectivity index is 2.77. The Hall–Kier alpha value is -1.59. The van der Waals surface area contributed by atoms with E-state index in [2.05, 4.69) is 10.5 Å². The predicted molar refractivity (Wildman–Crippen MR) is 67.0 cm³/mol. The summed E-state index contributed by atoms with van der Waals surface area (Å²) < 4.78 is 0. The van der Waals surface area contributed by atoms with Crippen molar-refractivity contribution in [3.63, 3.8) is 0 Å². The number of rotatable bonds is 6. The van der Waals surface area contributed by atoms with E-state index in [-0.39, 0.29) is 18.5 Å². The van der Waals surface area contributed by atoms with Crippen LogP contribution in [0.15, 0.2) is 29.4 Å². The topological polar surface area (TPSA) is 90.9 Å². The molecule has 5 nitrogen and oxygen atoms in total. The molecule has 0 heterocycles. The Kier molecular flexibility index (Phi) is 5.45. The molecule has 1 aromatic rings. The largest absolute Gasteiger partial charge is 0.409 e. The van der Waals surface area contributed by atoms with Gasteiger partial charge in [-0.3, -0.25) is 0 Å². The van der Waals surface area contributed by atoms with Gasteiger partial charge in [-0.05, 0) is 12.0 Å². The van der Waals surface area contributed by atoms with Crippen molar-refractivity contribution in [2.75, 3.05) is 6.61 Å². The minimum absolute atomic E-state index is 0.0651.